The highest BCUT2D eigenvalue weighted by atomic mass is 35.5. The van der Waals surface area contributed by atoms with E-state index < -0.39 is 0 Å². The van der Waals surface area contributed by atoms with Crippen LogP contribution in [0.2, 0.25) is 5.02 Å². The van der Waals surface area contributed by atoms with Gasteiger partial charge in [-0.2, -0.15) is 0 Å². The molecule has 3 rings (SSSR count). The summed E-state index contributed by atoms with van der Waals surface area (Å²) in [4.78, 5) is 16.5. The molecule has 0 atom stereocenters. The lowest BCUT2D eigenvalue weighted by atomic mass is 10.2. The van der Waals surface area contributed by atoms with Crippen LogP contribution in [0, 0.1) is 6.92 Å². The SMILES string of the molecule is Cc1ccc2nc(CCNC(=O)c3cccc(Cl)c3)cn2c1. The Morgan fingerprint density at radius 3 is 2.95 bits per heavy atom. The summed E-state index contributed by atoms with van der Waals surface area (Å²) in [5, 5.41) is 3.44. The highest BCUT2D eigenvalue weighted by Gasteiger charge is 2.06. The number of halogens is 1. The molecule has 4 nitrogen and oxygen atoms in total. The molecule has 2 heterocycles. The summed E-state index contributed by atoms with van der Waals surface area (Å²) in [5.41, 5.74) is 3.63. The van der Waals surface area contributed by atoms with Gasteiger partial charge in [-0.3, -0.25) is 4.79 Å². The summed E-state index contributed by atoms with van der Waals surface area (Å²) < 4.78 is 2.00. The number of pyridine rings is 1. The average Bonchev–Trinajstić information content (AvgIpc) is 2.89. The summed E-state index contributed by atoms with van der Waals surface area (Å²) in [6.07, 6.45) is 4.72. The molecule has 112 valence electrons. The number of nitrogens with zero attached hydrogens (tertiary/aromatic N) is 2. The van der Waals surface area contributed by atoms with E-state index in [1.807, 2.05) is 35.9 Å². The maximum absolute atomic E-state index is 12.0. The van der Waals surface area contributed by atoms with E-state index in [2.05, 4.69) is 10.3 Å². The Bertz CT molecular complexity index is 826. The van der Waals surface area contributed by atoms with Gasteiger partial charge in [0.15, 0.2) is 0 Å². The van der Waals surface area contributed by atoms with Crippen LogP contribution >= 0.6 is 11.6 Å². The van der Waals surface area contributed by atoms with E-state index in [9.17, 15) is 4.79 Å². The van der Waals surface area contributed by atoms with Gasteiger partial charge in [0, 0.05) is 35.9 Å². The van der Waals surface area contributed by atoms with Crippen molar-refractivity contribution >= 4 is 23.2 Å². The molecule has 0 spiro atoms. The molecule has 0 radical (unpaired) electrons. The first-order valence-electron chi connectivity index (χ1n) is 7.10. The van der Waals surface area contributed by atoms with Crippen LogP contribution in [-0.4, -0.2) is 21.8 Å². The third-order valence-corrected chi connectivity index (χ3v) is 3.64. The van der Waals surface area contributed by atoms with Crippen LogP contribution in [0.5, 0.6) is 0 Å². The molecule has 0 fully saturated rings. The van der Waals surface area contributed by atoms with Gasteiger partial charge < -0.3 is 9.72 Å². The molecule has 5 heteroatoms. The highest BCUT2D eigenvalue weighted by molar-refractivity contribution is 6.30. The molecular weight excluding hydrogens is 298 g/mol. The number of benzene rings is 1. The summed E-state index contributed by atoms with van der Waals surface area (Å²) in [5.74, 6) is -0.123. The fourth-order valence-electron chi connectivity index (χ4n) is 2.31. The van der Waals surface area contributed by atoms with Crippen LogP contribution in [0.3, 0.4) is 0 Å². The van der Waals surface area contributed by atoms with Crippen molar-refractivity contribution in [2.75, 3.05) is 6.54 Å². The molecule has 0 aliphatic heterocycles. The maximum Gasteiger partial charge on any atom is 0.251 e. The highest BCUT2D eigenvalue weighted by Crippen LogP contribution is 2.11. The van der Waals surface area contributed by atoms with Gasteiger partial charge in [0.1, 0.15) is 5.65 Å². The molecule has 1 N–H and O–H groups in total. The molecule has 2 aromatic heterocycles. The summed E-state index contributed by atoms with van der Waals surface area (Å²) in [6.45, 7) is 2.58. The zero-order valence-electron chi connectivity index (χ0n) is 12.2. The Morgan fingerprint density at radius 2 is 2.14 bits per heavy atom. The predicted molar refractivity (Wildman–Crippen MR) is 87.4 cm³/mol. The molecule has 22 heavy (non-hydrogen) atoms. The van der Waals surface area contributed by atoms with Crippen molar-refractivity contribution in [3.8, 4) is 0 Å². The smallest absolute Gasteiger partial charge is 0.251 e. The Balaban J connectivity index is 1.61. The van der Waals surface area contributed by atoms with Gasteiger partial charge in [-0.1, -0.05) is 23.7 Å². The third-order valence-electron chi connectivity index (χ3n) is 3.40. The largest absolute Gasteiger partial charge is 0.352 e. The number of amides is 1. The number of carbonyl (C=O) groups is 1. The topological polar surface area (TPSA) is 46.4 Å². The Morgan fingerprint density at radius 1 is 1.27 bits per heavy atom. The normalized spacial score (nSPS) is 10.8. The minimum atomic E-state index is -0.123. The maximum atomic E-state index is 12.0. The first-order valence-corrected chi connectivity index (χ1v) is 7.47. The van der Waals surface area contributed by atoms with E-state index in [4.69, 9.17) is 11.6 Å². The lowest BCUT2D eigenvalue weighted by Crippen LogP contribution is -2.25. The van der Waals surface area contributed by atoms with Crippen molar-refractivity contribution in [2.24, 2.45) is 0 Å². The van der Waals surface area contributed by atoms with Crippen molar-refractivity contribution in [3.63, 3.8) is 0 Å². The molecule has 1 aromatic carbocycles. The van der Waals surface area contributed by atoms with E-state index in [1.54, 1.807) is 24.3 Å². The lowest BCUT2D eigenvalue weighted by Gasteiger charge is -2.04. The van der Waals surface area contributed by atoms with Gasteiger partial charge in [-0.25, -0.2) is 4.98 Å². The molecule has 0 aliphatic carbocycles. The lowest BCUT2D eigenvalue weighted by molar-refractivity contribution is 0.0954. The van der Waals surface area contributed by atoms with Crippen molar-refractivity contribution in [3.05, 3.63) is 70.6 Å². The van der Waals surface area contributed by atoms with Crippen molar-refractivity contribution in [1.82, 2.24) is 14.7 Å². The minimum absolute atomic E-state index is 0.123. The standard InChI is InChI=1S/C17H16ClN3O/c1-12-5-6-16-20-15(11-21(16)10-12)7-8-19-17(22)13-3-2-4-14(18)9-13/h2-6,9-11H,7-8H2,1H3,(H,19,22). The number of aryl methyl sites for hydroxylation is 1. The molecule has 3 aromatic rings. The van der Waals surface area contributed by atoms with E-state index in [1.165, 1.54) is 5.56 Å². The van der Waals surface area contributed by atoms with E-state index >= 15 is 0 Å². The van der Waals surface area contributed by atoms with Crippen LogP contribution < -0.4 is 5.32 Å². The summed E-state index contributed by atoms with van der Waals surface area (Å²) in [7, 11) is 0. The van der Waals surface area contributed by atoms with Crippen molar-refractivity contribution in [2.45, 2.75) is 13.3 Å². The number of aromatic nitrogens is 2. The van der Waals surface area contributed by atoms with Crippen molar-refractivity contribution in [1.29, 1.82) is 0 Å². The van der Waals surface area contributed by atoms with Crippen LogP contribution in [0.25, 0.3) is 5.65 Å². The Labute approximate surface area is 133 Å². The fraction of sp³-hybridized carbons (Fsp3) is 0.176. The number of fused-ring (bicyclic) bond motifs is 1. The molecule has 0 aliphatic rings. The van der Waals surface area contributed by atoms with Gasteiger partial charge in [-0.15, -0.1) is 0 Å². The van der Waals surface area contributed by atoms with Gasteiger partial charge in [0.2, 0.25) is 0 Å². The van der Waals surface area contributed by atoms with E-state index in [-0.39, 0.29) is 5.91 Å². The third kappa shape index (κ3) is 3.28. The molecular formula is C17H16ClN3O. The van der Waals surface area contributed by atoms with Gasteiger partial charge in [0.05, 0.1) is 5.69 Å². The molecule has 0 bridgehead atoms. The second-order valence-corrected chi connectivity index (χ2v) is 5.66. The number of hydrogen-bond donors (Lipinski definition) is 1. The second-order valence-electron chi connectivity index (χ2n) is 5.22. The number of nitrogens with one attached hydrogen (secondary N) is 1. The second kappa shape index (κ2) is 6.20. The van der Waals surface area contributed by atoms with Crippen molar-refractivity contribution < 1.29 is 4.79 Å². The number of carbonyl (C=O) groups excluding carboxylic acids is 1. The first-order chi connectivity index (χ1) is 10.6. The van der Waals surface area contributed by atoms with E-state index in [0.29, 0.717) is 23.6 Å². The van der Waals surface area contributed by atoms with Gasteiger partial charge in [0.25, 0.3) is 5.91 Å². The number of rotatable bonds is 4. The predicted octanol–water partition coefficient (Wildman–Crippen LogP) is 3.27. The Hall–Kier alpha value is -2.33. The quantitative estimate of drug-likeness (QED) is 0.803. The average molecular weight is 314 g/mol. The van der Waals surface area contributed by atoms with Crippen LogP contribution in [0.4, 0.5) is 0 Å². The first kappa shape index (κ1) is 14.6. The Kier molecular flexibility index (Phi) is 4.11. The molecule has 0 saturated carbocycles. The fourth-order valence-corrected chi connectivity index (χ4v) is 2.50. The van der Waals surface area contributed by atoms with Crippen LogP contribution in [-0.2, 0) is 6.42 Å². The van der Waals surface area contributed by atoms with Gasteiger partial charge in [-0.05, 0) is 36.8 Å². The van der Waals surface area contributed by atoms with Crippen LogP contribution in [0.15, 0.2) is 48.8 Å². The van der Waals surface area contributed by atoms with E-state index in [0.717, 1.165) is 11.3 Å². The zero-order chi connectivity index (χ0) is 15.5. The number of imidazole rings is 1. The minimum Gasteiger partial charge on any atom is -0.352 e. The number of hydrogen-bond acceptors (Lipinski definition) is 2. The molecule has 0 saturated heterocycles. The summed E-state index contributed by atoms with van der Waals surface area (Å²) in [6, 6.07) is 10.9. The molecule has 1 amide bonds. The summed E-state index contributed by atoms with van der Waals surface area (Å²) >= 11 is 5.88. The monoisotopic (exact) mass is 313 g/mol. The zero-order valence-corrected chi connectivity index (χ0v) is 13.0. The van der Waals surface area contributed by atoms with Crippen LogP contribution in [0.1, 0.15) is 21.6 Å². The van der Waals surface area contributed by atoms with Gasteiger partial charge >= 0.3 is 0 Å². The molecule has 0 unspecified atom stereocenters.